The molecule has 1 amide bonds. The van der Waals surface area contributed by atoms with E-state index >= 15 is 0 Å². The summed E-state index contributed by atoms with van der Waals surface area (Å²) < 4.78 is 0. The summed E-state index contributed by atoms with van der Waals surface area (Å²) >= 11 is 0. The molecule has 6 nitrogen and oxygen atoms in total. The van der Waals surface area contributed by atoms with E-state index < -0.39 is 0 Å². The number of rotatable bonds is 6. The summed E-state index contributed by atoms with van der Waals surface area (Å²) in [6.07, 6.45) is 3.56. The maximum atomic E-state index is 12.7. The molecule has 4 rings (SSSR count). The van der Waals surface area contributed by atoms with Gasteiger partial charge in [-0.05, 0) is 48.8 Å². The fourth-order valence-electron chi connectivity index (χ4n) is 3.97. The number of aromatic nitrogens is 3. The van der Waals surface area contributed by atoms with Crippen molar-refractivity contribution in [3.05, 3.63) is 60.2 Å². The van der Waals surface area contributed by atoms with Gasteiger partial charge in [0.25, 0.3) is 0 Å². The summed E-state index contributed by atoms with van der Waals surface area (Å²) in [4.78, 5) is 16.0. The van der Waals surface area contributed by atoms with Crippen LogP contribution in [-0.2, 0) is 17.8 Å². The Balaban J connectivity index is 1.33. The summed E-state index contributed by atoms with van der Waals surface area (Å²) in [6.45, 7) is 1.68. The van der Waals surface area contributed by atoms with Gasteiger partial charge >= 0.3 is 0 Å². The molecule has 146 valence electrons. The van der Waals surface area contributed by atoms with Gasteiger partial charge in [-0.3, -0.25) is 4.79 Å². The second-order valence-electron chi connectivity index (χ2n) is 7.74. The Morgan fingerprint density at radius 2 is 1.57 bits per heavy atom. The van der Waals surface area contributed by atoms with E-state index in [9.17, 15) is 9.90 Å². The topological polar surface area (TPSA) is 71.2 Å². The Labute approximate surface area is 164 Å². The molecule has 0 radical (unpaired) electrons. The lowest BCUT2D eigenvalue weighted by molar-refractivity contribution is -0.135. The molecule has 2 heterocycles. The second kappa shape index (κ2) is 8.10. The molecule has 1 N–H and O–H groups in total. The molecular weight excluding hydrogens is 352 g/mol. The van der Waals surface area contributed by atoms with Crippen molar-refractivity contribution in [1.82, 2.24) is 19.9 Å². The third-order valence-corrected chi connectivity index (χ3v) is 5.90. The third-order valence-electron chi connectivity index (χ3n) is 5.90. The summed E-state index contributed by atoms with van der Waals surface area (Å²) in [7, 11) is 0. The monoisotopic (exact) mass is 378 g/mol. The van der Waals surface area contributed by atoms with Gasteiger partial charge in [-0.15, -0.1) is 0 Å². The number of aliphatic hydroxyl groups is 1. The van der Waals surface area contributed by atoms with E-state index in [0.29, 0.717) is 13.1 Å². The molecule has 0 spiro atoms. The van der Waals surface area contributed by atoms with Crippen molar-refractivity contribution < 1.29 is 9.90 Å². The zero-order valence-corrected chi connectivity index (χ0v) is 16.0. The molecule has 1 aromatic heterocycles. The van der Waals surface area contributed by atoms with Crippen LogP contribution in [-0.4, -0.2) is 50.6 Å². The number of amides is 1. The zero-order chi connectivity index (χ0) is 19.4. The largest absolute Gasteiger partial charge is 0.396 e. The van der Waals surface area contributed by atoms with Crippen molar-refractivity contribution in [1.29, 1.82) is 0 Å². The smallest absolute Gasteiger partial charge is 0.246 e. The molecule has 0 unspecified atom stereocenters. The lowest BCUT2D eigenvalue weighted by Gasteiger charge is -2.41. The molecule has 0 saturated carbocycles. The van der Waals surface area contributed by atoms with E-state index in [4.69, 9.17) is 0 Å². The Bertz CT molecular complexity index is 897. The Morgan fingerprint density at radius 1 is 0.964 bits per heavy atom. The molecule has 3 aromatic rings. The van der Waals surface area contributed by atoms with Crippen LogP contribution in [0.4, 0.5) is 0 Å². The van der Waals surface area contributed by atoms with Crippen LogP contribution in [0.25, 0.3) is 11.0 Å². The van der Waals surface area contributed by atoms with Crippen molar-refractivity contribution in [2.24, 2.45) is 5.41 Å². The van der Waals surface area contributed by atoms with Gasteiger partial charge in [0.15, 0.2) is 0 Å². The predicted molar refractivity (Wildman–Crippen MR) is 108 cm³/mol. The minimum absolute atomic E-state index is 0.0369. The van der Waals surface area contributed by atoms with Crippen molar-refractivity contribution in [3.63, 3.8) is 0 Å². The van der Waals surface area contributed by atoms with Crippen LogP contribution < -0.4 is 0 Å². The highest BCUT2D eigenvalue weighted by Gasteiger charge is 2.35. The second-order valence-corrected chi connectivity index (χ2v) is 7.74. The summed E-state index contributed by atoms with van der Waals surface area (Å²) in [6, 6.07) is 18.0. The molecule has 0 bridgehead atoms. The molecule has 0 aliphatic carbocycles. The first-order valence-corrected chi connectivity index (χ1v) is 9.90. The molecular formula is C22H26N4O2. The summed E-state index contributed by atoms with van der Waals surface area (Å²) in [5.41, 5.74) is 2.81. The predicted octanol–water partition coefficient (Wildman–Crippen LogP) is 2.67. The van der Waals surface area contributed by atoms with Gasteiger partial charge in [0.1, 0.15) is 17.6 Å². The van der Waals surface area contributed by atoms with E-state index in [-0.39, 0.29) is 24.5 Å². The van der Waals surface area contributed by atoms with E-state index in [1.807, 2.05) is 35.2 Å². The Hall–Kier alpha value is -2.73. The van der Waals surface area contributed by atoms with Crippen LogP contribution in [0, 0.1) is 5.41 Å². The molecule has 6 heteroatoms. The lowest BCUT2D eigenvalue weighted by atomic mass is 9.75. The molecule has 28 heavy (non-hydrogen) atoms. The number of carbonyl (C=O) groups is 1. The van der Waals surface area contributed by atoms with Gasteiger partial charge in [0.2, 0.25) is 5.91 Å². The van der Waals surface area contributed by atoms with Crippen molar-refractivity contribution >= 4 is 16.9 Å². The van der Waals surface area contributed by atoms with Crippen molar-refractivity contribution in [2.75, 3.05) is 19.7 Å². The Morgan fingerprint density at radius 3 is 2.18 bits per heavy atom. The fraction of sp³-hybridized carbons (Fsp3) is 0.409. The van der Waals surface area contributed by atoms with E-state index in [2.05, 4.69) is 34.5 Å². The van der Waals surface area contributed by atoms with E-state index in [1.54, 1.807) is 0 Å². The van der Waals surface area contributed by atoms with E-state index in [0.717, 1.165) is 36.7 Å². The molecule has 0 atom stereocenters. The molecule has 1 fully saturated rings. The van der Waals surface area contributed by atoms with Crippen LogP contribution in [0.2, 0.25) is 0 Å². The third kappa shape index (κ3) is 4.07. The quantitative estimate of drug-likeness (QED) is 0.716. The van der Waals surface area contributed by atoms with Crippen LogP contribution >= 0.6 is 0 Å². The van der Waals surface area contributed by atoms with Crippen LogP contribution in [0.3, 0.4) is 0 Å². The minimum atomic E-state index is -0.0920. The maximum absolute atomic E-state index is 12.7. The maximum Gasteiger partial charge on any atom is 0.246 e. The van der Waals surface area contributed by atoms with Crippen molar-refractivity contribution in [3.8, 4) is 0 Å². The summed E-state index contributed by atoms with van der Waals surface area (Å²) in [5, 5.41) is 18.8. The van der Waals surface area contributed by atoms with E-state index in [1.165, 1.54) is 10.4 Å². The fourth-order valence-corrected chi connectivity index (χ4v) is 3.97. The van der Waals surface area contributed by atoms with Crippen LogP contribution in [0.5, 0.6) is 0 Å². The van der Waals surface area contributed by atoms with Gasteiger partial charge < -0.3 is 10.0 Å². The van der Waals surface area contributed by atoms with Gasteiger partial charge in [0, 0.05) is 19.7 Å². The first kappa shape index (κ1) is 18.6. The Kier molecular flexibility index (Phi) is 5.39. The first-order chi connectivity index (χ1) is 13.7. The van der Waals surface area contributed by atoms with Gasteiger partial charge in [-0.2, -0.15) is 15.0 Å². The number of piperidine rings is 1. The normalized spacial score (nSPS) is 16.4. The lowest BCUT2D eigenvalue weighted by Crippen LogP contribution is -2.46. The standard InChI is InChI=1S/C22H26N4O2/c27-17-22(11-10-18-6-2-1-3-7-18)12-14-25(15-13-22)21(28)16-26-23-19-8-4-5-9-20(19)24-26/h1-9,27H,10-17H2. The average Bonchev–Trinajstić information content (AvgIpc) is 3.15. The SMILES string of the molecule is O=C(Cn1nc2ccccc2n1)N1CCC(CO)(CCc2ccccc2)CC1. The molecule has 2 aromatic carbocycles. The highest BCUT2D eigenvalue weighted by Crippen LogP contribution is 2.35. The molecule has 1 aliphatic heterocycles. The van der Waals surface area contributed by atoms with Gasteiger partial charge in [0.05, 0.1) is 0 Å². The first-order valence-electron chi connectivity index (χ1n) is 9.90. The minimum Gasteiger partial charge on any atom is -0.396 e. The van der Waals surface area contributed by atoms with Crippen LogP contribution in [0.1, 0.15) is 24.8 Å². The number of benzene rings is 2. The number of aryl methyl sites for hydroxylation is 1. The zero-order valence-electron chi connectivity index (χ0n) is 16.0. The highest BCUT2D eigenvalue weighted by molar-refractivity contribution is 5.77. The number of carbonyl (C=O) groups excluding carboxylic acids is 1. The molecule has 1 aliphatic rings. The van der Waals surface area contributed by atoms with Gasteiger partial charge in [-0.1, -0.05) is 42.5 Å². The highest BCUT2D eigenvalue weighted by atomic mass is 16.3. The molecule has 1 saturated heterocycles. The average molecular weight is 378 g/mol. The number of fused-ring (bicyclic) bond motifs is 1. The number of hydrogen-bond acceptors (Lipinski definition) is 4. The number of nitrogens with zero attached hydrogens (tertiary/aromatic N) is 4. The van der Waals surface area contributed by atoms with Crippen molar-refractivity contribution in [2.45, 2.75) is 32.2 Å². The number of aliphatic hydroxyl groups excluding tert-OH is 1. The van der Waals surface area contributed by atoms with Crippen LogP contribution in [0.15, 0.2) is 54.6 Å². The number of likely N-dealkylation sites (tertiary alicyclic amines) is 1. The van der Waals surface area contributed by atoms with Gasteiger partial charge in [-0.25, -0.2) is 0 Å². The number of hydrogen-bond donors (Lipinski definition) is 1. The summed E-state index contributed by atoms with van der Waals surface area (Å²) in [5.74, 6) is 0.0369.